The second-order valence-electron chi connectivity index (χ2n) is 3.69. The molecule has 0 fully saturated rings. The minimum absolute atomic E-state index is 0.0431. The molecule has 0 aliphatic carbocycles. The smallest absolute Gasteiger partial charge is 0.0975 e. The molecule has 0 aliphatic rings. The van der Waals surface area contributed by atoms with Crippen LogP contribution in [0.4, 0.5) is 0 Å². The average molecular weight is 217 g/mol. The highest BCUT2D eigenvalue weighted by Crippen LogP contribution is 2.22. The van der Waals surface area contributed by atoms with E-state index in [1.165, 1.54) is 0 Å². The van der Waals surface area contributed by atoms with Gasteiger partial charge >= 0.3 is 0 Å². The third kappa shape index (κ3) is 3.69. The largest absolute Gasteiger partial charge is 0.372 e. The predicted molar refractivity (Wildman–Crippen MR) is 66.9 cm³/mol. The van der Waals surface area contributed by atoms with Crippen molar-refractivity contribution >= 4 is 0 Å². The van der Waals surface area contributed by atoms with Gasteiger partial charge in [-0.3, -0.25) is 0 Å². The van der Waals surface area contributed by atoms with E-state index in [1.807, 2.05) is 37.3 Å². The molecule has 2 nitrogen and oxygen atoms in total. The van der Waals surface area contributed by atoms with E-state index in [0.717, 1.165) is 12.0 Å². The Labute approximate surface area is 97.8 Å². The summed E-state index contributed by atoms with van der Waals surface area (Å²) in [5.74, 6) is 2.61. The van der Waals surface area contributed by atoms with Gasteiger partial charge in [0.15, 0.2) is 0 Å². The zero-order valence-electron chi connectivity index (χ0n) is 9.73. The summed E-state index contributed by atoms with van der Waals surface area (Å²) in [6.45, 7) is 2.63. The van der Waals surface area contributed by atoms with Gasteiger partial charge in [-0.25, -0.2) is 0 Å². The maximum absolute atomic E-state index is 6.10. The quantitative estimate of drug-likeness (QED) is 0.743. The van der Waals surface area contributed by atoms with Crippen LogP contribution < -0.4 is 5.73 Å². The highest BCUT2D eigenvalue weighted by Gasteiger charge is 2.19. The lowest BCUT2D eigenvalue weighted by atomic mass is 9.99. The van der Waals surface area contributed by atoms with Crippen LogP contribution in [0, 0.1) is 12.3 Å². The van der Waals surface area contributed by atoms with Crippen LogP contribution in [0.3, 0.4) is 0 Å². The van der Waals surface area contributed by atoms with Crippen LogP contribution in [-0.4, -0.2) is 12.6 Å². The van der Waals surface area contributed by atoms with Gasteiger partial charge in [0.2, 0.25) is 0 Å². The SMILES string of the molecule is C#CCCC(N)C(OCC)c1ccccc1. The molecule has 2 N–H and O–H groups in total. The van der Waals surface area contributed by atoms with Crippen molar-refractivity contribution in [2.24, 2.45) is 5.73 Å². The van der Waals surface area contributed by atoms with Crippen LogP contribution in [0.1, 0.15) is 31.4 Å². The number of hydrogen-bond donors (Lipinski definition) is 1. The molecule has 1 aromatic carbocycles. The minimum atomic E-state index is -0.0560. The number of nitrogens with two attached hydrogens (primary N) is 1. The minimum Gasteiger partial charge on any atom is -0.372 e. The topological polar surface area (TPSA) is 35.2 Å². The Morgan fingerprint density at radius 3 is 2.62 bits per heavy atom. The molecular weight excluding hydrogens is 198 g/mol. The fourth-order valence-electron chi connectivity index (χ4n) is 1.69. The second-order valence-corrected chi connectivity index (χ2v) is 3.69. The monoisotopic (exact) mass is 217 g/mol. The van der Waals surface area contributed by atoms with E-state index in [0.29, 0.717) is 13.0 Å². The number of rotatable bonds is 6. The Morgan fingerprint density at radius 1 is 1.38 bits per heavy atom. The van der Waals surface area contributed by atoms with Gasteiger partial charge in [-0.15, -0.1) is 12.3 Å². The maximum atomic E-state index is 6.10. The van der Waals surface area contributed by atoms with Crippen molar-refractivity contribution in [1.29, 1.82) is 0 Å². The van der Waals surface area contributed by atoms with Crippen molar-refractivity contribution in [2.45, 2.75) is 31.9 Å². The van der Waals surface area contributed by atoms with Crippen molar-refractivity contribution in [3.63, 3.8) is 0 Å². The molecule has 2 heteroatoms. The highest BCUT2D eigenvalue weighted by molar-refractivity contribution is 5.19. The lowest BCUT2D eigenvalue weighted by Gasteiger charge is -2.23. The van der Waals surface area contributed by atoms with E-state index in [9.17, 15) is 0 Å². The van der Waals surface area contributed by atoms with Crippen molar-refractivity contribution in [2.75, 3.05) is 6.61 Å². The molecule has 0 saturated heterocycles. The lowest BCUT2D eigenvalue weighted by molar-refractivity contribution is 0.0416. The fourth-order valence-corrected chi connectivity index (χ4v) is 1.69. The second kappa shape index (κ2) is 7.05. The third-order valence-corrected chi connectivity index (χ3v) is 2.49. The Morgan fingerprint density at radius 2 is 2.06 bits per heavy atom. The number of terminal acetylenes is 1. The van der Waals surface area contributed by atoms with E-state index in [4.69, 9.17) is 16.9 Å². The van der Waals surface area contributed by atoms with E-state index in [2.05, 4.69) is 5.92 Å². The van der Waals surface area contributed by atoms with Gasteiger partial charge in [-0.05, 0) is 18.9 Å². The maximum Gasteiger partial charge on any atom is 0.0975 e. The first-order chi connectivity index (χ1) is 7.79. The molecule has 2 atom stereocenters. The molecule has 0 radical (unpaired) electrons. The Balaban J connectivity index is 2.71. The molecule has 2 unspecified atom stereocenters. The Kier molecular flexibility index (Phi) is 5.63. The summed E-state index contributed by atoms with van der Waals surface area (Å²) >= 11 is 0. The van der Waals surface area contributed by atoms with Gasteiger partial charge in [0, 0.05) is 19.1 Å². The molecule has 0 amide bonds. The van der Waals surface area contributed by atoms with Crippen LogP contribution in [-0.2, 0) is 4.74 Å². The molecule has 0 saturated carbocycles. The summed E-state index contributed by atoms with van der Waals surface area (Å²) in [5.41, 5.74) is 7.22. The Bertz CT molecular complexity index is 328. The summed E-state index contributed by atoms with van der Waals surface area (Å²) < 4.78 is 5.69. The highest BCUT2D eigenvalue weighted by atomic mass is 16.5. The average Bonchev–Trinajstić information content (AvgIpc) is 2.34. The lowest BCUT2D eigenvalue weighted by Crippen LogP contribution is -2.30. The van der Waals surface area contributed by atoms with Crippen LogP contribution in [0.5, 0.6) is 0 Å². The van der Waals surface area contributed by atoms with Crippen molar-refractivity contribution in [1.82, 2.24) is 0 Å². The summed E-state index contributed by atoms with van der Waals surface area (Å²) in [6.07, 6.45) is 6.67. The molecule has 86 valence electrons. The number of ether oxygens (including phenoxy) is 1. The van der Waals surface area contributed by atoms with Crippen LogP contribution in [0.15, 0.2) is 30.3 Å². The van der Waals surface area contributed by atoms with Crippen molar-refractivity contribution in [3.8, 4) is 12.3 Å². The first-order valence-corrected chi connectivity index (χ1v) is 5.65. The summed E-state index contributed by atoms with van der Waals surface area (Å²) in [6, 6.07) is 10.0. The molecule has 0 aromatic heterocycles. The molecular formula is C14H19NO. The first-order valence-electron chi connectivity index (χ1n) is 5.65. The predicted octanol–water partition coefficient (Wildman–Crippen LogP) is 2.50. The van der Waals surface area contributed by atoms with Gasteiger partial charge in [0.05, 0.1) is 6.10 Å². The molecule has 16 heavy (non-hydrogen) atoms. The normalized spacial score (nSPS) is 14.1. The molecule has 0 spiro atoms. The zero-order chi connectivity index (χ0) is 11.8. The van der Waals surface area contributed by atoms with Gasteiger partial charge in [0.25, 0.3) is 0 Å². The van der Waals surface area contributed by atoms with Gasteiger partial charge in [0.1, 0.15) is 0 Å². The van der Waals surface area contributed by atoms with Crippen LogP contribution >= 0.6 is 0 Å². The van der Waals surface area contributed by atoms with Crippen LogP contribution in [0.2, 0.25) is 0 Å². The molecule has 1 rings (SSSR count). The van der Waals surface area contributed by atoms with E-state index in [1.54, 1.807) is 0 Å². The van der Waals surface area contributed by atoms with E-state index < -0.39 is 0 Å². The summed E-state index contributed by atoms with van der Waals surface area (Å²) in [5, 5.41) is 0. The standard InChI is InChI=1S/C14H19NO/c1-3-5-11-13(15)14(16-4-2)12-9-7-6-8-10-12/h1,6-10,13-14H,4-5,11,15H2,2H3. The van der Waals surface area contributed by atoms with E-state index in [-0.39, 0.29) is 12.1 Å². The Hall–Kier alpha value is -1.30. The van der Waals surface area contributed by atoms with E-state index >= 15 is 0 Å². The van der Waals surface area contributed by atoms with Crippen LogP contribution in [0.25, 0.3) is 0 Å². The number of benzene rings is 1. The fraction of sp³-hybridized carbons (Fsp3) is 0.429. The molecule has 0 aliphatic heterocycles. The van der Waals surface area contributed by atoms with Gasteiger partial charge < -0.3 is 10.5 Å². The molecule has 0 bridgehead atoms. The van der Waals surface area contributed by atoms with Crippen molar-refractivity contribution < 1.29 is 4.74 Å². The summed E-state index contributed by atoms with van der Waals surface area (Å²) in [7, 11) is 0. The number of hydrogen-bond acceptors (Lipinski definition) is 2. The zero-order valence-corrected chi connectivity index (χ0v) is 9.73. The van der Waals surface area contributed by atoms with Crippen molar-refractivity contribution in [3.05, 3.63) is 35.9 Å². The first kappa shape index (κ1) is 12.8. The van der Waals surface area contributed by atoms with Gasteiger partial charge in [-0.2, -0.15) is 0 Å². The molecule has 0 heterocycles. The third-order valence-electron chi connectivity index (χ3n) is 2.49. The molecule has 1 aromatic rings. The summed E-state index contributed by atoms with van der Waals surface area (Å²) in [4.78, 5) is 0. The van der Waals surface area contributed by atoms with Gasteiger partial charge in [-0.1, -0.05) is 30.3 Å².